The van der Waals surface area contributed by atoms with Crippen molar-refractivity contribution in [2.45, 2.75) is 40.5 Å². The Labute approximate surface area is 119 Å². The summed E-state index contributed by atoms with van der Waals surface area (Å²) < 4.78 is 0.707. The monoisotopic (exact) mass is 272 g/mol. The third-order valence-corrected chi connectivity index (χ3v) is 3.96. The highest BCUT2D eigenvalue weighted by Crippen LogP contribution is 2.27. The van der Waals surface area contributed by atoms with Crippen LogP contribution in [-0.4, -0.2) is 9.97 Å². The van der Waals surface area contributed by atoms with Crippen molar-refractivity contribution in [3.8, 4) is 11.3 Å². The summed E-state index contributed by atoms with van der Waals surface area (Å²) in [5.41, 5.74) is 5.99. The van der Waals surface area contributed by atoms with Crippen molar-refractivity contribution in [3.63, 3.8) is 0 Å². The normalized spacial score (nSPS) is 10.7. The predicted octanol–water partition coefficient (Wildman–Crippen LogP) is 4.68. The Morgan fingerprint density at radius 2 is 1.89 bits per heavy atom. The second kappa shape index (κ2) is 5.66. The summed E-state index contributed by atoms with van der Waals surface area (Å²) in [6.45, 7) is 8.48. The number of aromatic nitrogens is 2. The van der Waals surface area contributed by atoms with Crippen LogP contribution in [0, 0.1) is 25.4 Å². The van der Waals surface area contributed by atoms with Gasteiger partial charge in [-0.25, -0.2) is 4.98 Å². The van der Waals surface area contributed by atoms with Crippen LogP contribution in [0.3, 0.4) is 0 Å². The average Bonchev–Trinajstić information content (AvgIpc) is 2.37. The van der Waals surface area contributed by atoms with Crippen molar-refractivity contribution in [1.82, 2.24) is 9.97 Å². The summed E-state index contributed by atoms with van der Waals surface area (Å²) in [6, 6.07) is 6.37. The minimum absolute atomic E-state index is 0.707. The van der Waals surface area contributed by atoms with Crippen LogP contribution in [0.15, 0.2) is 18.2 Å². The fraction of sp³-hybridized carbons (Fsp3) is 0.375. The highest BCUT2D eigenvalue weighted by atomic mass is 32.1. The lowest BCUT2D eigenvalue weighted by molar-refractivity contribution is 0.829. The van der Waals surface area contributed by atoms with Crippen LogP contribution in [0.5, 0.6) is 0 Å². The Kier molecular flexibility index (Phi) is 4.15. The molecule has 2 aromatic rings. The number of hydrogen-bond donors (Lipinski definition) is 1. The van der Waals surface area contributed by atoms with E-state index in [2.05, 4.69) is 48.9 Å². The van der Waals surface area contributed by atoms with Crippen molar-refractivity contribution in [1.29, 1.82) is 0 Å². The van der Waals surface area contributed by atoms with E-state index >= 15 is 0 Å². The van der Waals surface area contributed by atoms with E-state index in [1.807, 2.05) is 6.92 Å². The summed E-state index contributed by atoms with van der Waals surface area (Å²) in [4.78, 5) is 7.92. The van der Waals surface area contributed by atoms with E-state index in [1.54, 1.807) is 0 Å². The quantitative estimate of drug-likeness (QED) is 0.822. The number of nitrogens with zero attached hydrogens (tertiary/aromatic N) is 1. The highest BCUT2D eigenvalue weighted by Gasteiger charge is 2.10. The maximum atomic E-state index is 5.39. The van der Waals surface area contributed by atoms with E-state index in [0.29, 0.717) is 4.64 Å². The van der Waals surface area contributed by atoms with E-state index < -0.39 is 0 Å². The number of rotatable bonds is 3. The first-order valence-electron chi connectivity index (χ1n) is 6.71. The third kappa shape index (κ3) is 2.76. The Bertz CT molecular complexity index is 656. The molecule has 0 spiro atoms. The van der Waals surface area contributed by atoms with E-state index in [-0.39, 0.29) is 0 Å². The highest BCUT2D eigenvalue weighted by molar-refractivity contribution is 7.71. The summed E-state index contributed by atoms with van der Waals surface area (Å²) in [5.74, 6) is 0.981. The number of H-pyrrole nitrogens is 1. The molecular formula is C16H20N2S. The molecule has 0 saturated heterocycles. The van der Waals surface area contributed by atoms with Crippen LogP contribution in [0.25, 0.3) is 11.3 Å². The van der Waals surface area contributed by atoms with Crippen LogP contribution in [0.4, 0.5) is 0 Å². The second-order valence-electron chi connectivity index (χ2n) is 4.99. The molecule has 1 heterocycles. The summed E-state index contributed by atoms with van der Waals surface area (Å²) in [5, 5.41) is 0. The molecule has 1 N–H and O–H groups in total. The molecule has 2 rings (SSSR count). The first-order chi connectivity index (χ1) is 9.04. The number of hydrogen-bond acceptors (Lipinski definition) is 2. The average molecular weight is 272 g/mol. The maximum Gasteiger partial charge on any atom is 0.133 e. The van der Waals surface area contributed by atoms with Crippen molar-refractivity contribution < 1.29 is 0 Å². The Morgan fingerprint density at radius 3 is 2.58 bits per heavy atom. The van der Waals surface area contributed by atoms with E-state index in [9.17, 15) is 0 Å². The zero-order chi connectivity index (χ0) is 14.0. The summed E-state index contributed by atoms with van der Waals surface area (Å²) in [7, 11) is 0. The molecule has 0 unspecified atom stereocenters. The van der Waals surface area contributed by atoms with Crippen molar-refractivity contribution >= 4 is 12.2 Å². The number of nitrogens with one attached hydrogen (secondary N) is 1. The molecule has 0 bridgehead atoms. The van der Waals surface area contributed by atoms with Crippen molar-refractivity contribution in [3.05, 3.63) is 45.4 Å². The Balaban J connectivity index is 2.67. The number of aromatic amines is 1. The predicted molar refractivity (Wildman–Crippen MR) is 83.1 cm³/mol. The topological polar surface area (TPSA) is 28.7 Å². The summed E-state index contributed by atoms with van der Waals surface area (Å²) in [6.07, 6.45) is 2.00. The first-order valence-corrected chi connectivity index (χ1v) is 7.11. The Morgan fingerprint density at radius 1 is 1.16 bits per heavy atom. The van der Waals surface area contributed by atoms with Gasteiger partial charge in [0.05, 0.1) is 5.69 Å². The van der Waals surface area contributed by atoms with Gasteiger partial charge in [-0.1, -0.05) is 37.3 Å². The zero-order valence-electron chi connectivity index (χ0n) is 12.0. The number of benzene rings is 1. The SMILES string of the molecule is CCCc1nc(=S)c(C)c(-c2cccc(C)c2C)[nH]1. The van der Waals surface area contributed by atoms with Gasteiger partial charge in [0.25, 0.3) is 0 Å². The molecule has 100 valence electrons. The van der Waals surface area contributed by atoms with E-state index in [0.717, 1.165) is 29.9 Å². The van der Waals surface area contributed by atoms with Crippen LogP contribution in [0.1, 0.15) is 35.9 Å². The van der Waals surface area contributed by atoms with E-state index in [1.165, 1.54) is 16.7 Å². The van der Waals surface area contributed by atoms with Gasteiger partial charge in [-0.3, -0.25) is 0 Å². The minimum atomic E-state index is 0.707. The zero-order valence-corrected chi connectivity index (χ0v) is 12.8. The summed E-state index contributed by atoms with van der Waals surface area (Å²) >= 11 is 5.39. The standard InChI is InChI=1S/C16H20N2S/c1-5-7-14-17-15(12(4)16(19)18-14)13-9-6-8-10(2)11(13)3/h6,8-9H,5,7H2,1-4H3,(H,17,18,19). The molecule has 0 aliphatic heterocycles. The van der Waals surface area contributed by atoms with Crippen LogP contribution < -0.4 is 0 Å². The van der Waals surface area contributed by atoms with E-state index in [4.69, 9.17) is 12.2 Å². The number of aryl methyl sites for hydroxylation is 2. The van der Waals surface area contributed by atoms with Crippen molar-refractivity contribution in [2.75, 3.05) is 0 Å². The minimum Gasteiger partial charge on any atom is -0.343 e. The van der Waals surface area contributed by atoms with Crippen LogP contribution >= 0.6 is 12.2 Å². The fourth-order valence-electron chi connectivity index (χ4n) is 2.23. The molecular weight excluding hydrogens is 252 g/mol. The smallest absolute Gasteiger partial charge is 0.133 e. The van der Waals surface area contributed by atoms with Gasteiger partial charge < -0.3 is 4.98 Å². The molecule has 0 fully saturated rings. The van der Waals surface area contributed by atoms with Gasteiger partial charge in [0.2, 0.25) is 0 Å². The van der Waals surface area contributed by atoms with Gasteiger partial charge in [-0.15, -0.1) is 0 Å². The van der Waals surface area contributed by atoms with Crippen LogP contribution in [-0.2, 0) is 6.42 Å². The molecule has 0 atom stereocenters. The molecule has 1 aromatic heterocycles. The molecule has 0 amide bonds. The third-order valence-electron chi connectivity index (χ3n) is 3.56. The van der Waals surface area contributed by atoms with Gasteiger partial charge in [-0.2, -0.15) is 0 Å². The van der Waals surface area contributed by atoms with Gasteiger partial charge in [-0.05, 0) is 38.3 Å². The lowest BCUT2D eigenvalue weighted by atomic mass is 9.98. The maximum absolute atomic E-state index is 5.39. The Hall–Kier alpha value is -1.48. The van der Waals surface area contributed by atoms with Gasteiger partial charge in [0, 0.05) is 17.5 Å². The van der Waals surface area contributed by atoms with Gasteiger partial charge in [0.1, 0.15) is 10.5 Å². The second-order valence-corrected chi connectivity index (χ2v) is 5.37. The molecule has 0 aliphatic rings. The van der Waals surface area contributed by atoms with Gasteiger partial charge in [0.15, 0.2) is 0 Å². The molecule has 0 saturated carbocycles. The molecule has 19 heavy (non-hydrogen) atoms. The lowest BCUT2D eigenvalue weighted by Crippen LogP contribution is -2.01. The van der Waals surface area contributed by atoms with Crippen LogP contribution in [0.2, 0.25) is 0 Å². The lowest BCUT2D eigenvalue weighted by Gasteiger charge is -2.13. The molecule has 1 aromatic carbocycles. The van der Waals surface area contributed by atoms with Crippen molar-refractivity contribution in [2.24, 2.45) is 0 Å². The molecule has 0 radical (unpaired) electrons. The molecule has 3 heteroatoms. The largest absolute Gasteiger partial charge is 0.343 e. The fourth-order valence-corrected chi connectivity index (χ4v) is 2.44. The van der Waals surface area contributed by atoms with Gasteiger partial charge >= 0.3 is 0 Å². The molecule has 2 nitrogen and oxygen atoms in total. The molecule has 0 aliphatic carbocycles. The first kappa shape index (κ1) is 13.9.